The van der Waals surface area contributed by atoms with Gasteiger partial charge in [-0.1, -0.05) is 19.9 Å². The number of sulfone groups is 1. The number of hydrogen-bond donors (Lipinski definition) is 0. The van der Waals surface area contributed by atoms with Gasteiger partial charge in [0.1, 0.15) is 28.5 Å². The molecule has 4 aromatic heterocycles. The van der Waals surface area contributed by atoms with Gasteiger partial charge in [0.2, 0.25) is 0 Å². The highest BCUT2D eigenvalue weighted by Gasteiger charge is 2.29. The van der Waals surface area contributed by atoms with Gasteiger partial charge in [-0.05, 0) is 91.8 Å². The molecule has 8 heterocycles. The van der Waals surface area contributed by atoms with Crippen LogP contribution in [0.25, 0.3) is 21.8 Å². The number of rotatable bonds is 10. The lowest BCUT2D eigenvalue weighted by Gasteiger charge is -2.34. The Labute approximate surface area is 373 Å². The van der Waals surface area contributed by atoms with E-state index in [1.165, 1.54) is 40.6 Å². The second-order valence-corrected chi connectivity index (χ2v) is 21.3. The van der Waals surface area contributed by atoms with Crippen LogP contribution in [0.1, 0.15) is 56.2 Å². The molecule has 0 amide bonds. The van der Waals surface area contributed by atoms with Crippen LogP contribution in [0.2, 0.25) is 0 Å². The van der Waals surface area contributed by atoms with E-state index in [-0.39, 0.29) is 11.7 Å². The predicted octanol–water partition coefficient (Wildman–Crippen LogP) is 7.72. The van der Waals surface area contributed by atoms with Crippen molar-refractivity contribution in [2.45, 2.75) is 56.1 Å². The maximum Gasteiger partial charge on any atom is 0.188 e. The van der Waals surface area contributed by atoms with Crippen molar-refractivity contribution >= 4 is 77.3 Å². The van der Waals surface area contributed by atoms with Crippen molar-refractivity contribution in [2.24, 2.45) is 11.8 Å². The van der Waals surface area contributed by atoms with Crippen molar-refractivity contribution in [1.29, 1.82) is 0 Å². The molecule has 13 nitrogen and oxygen atoms in total. The minimum absolute atomic E-state index is 0.0958. The van der Waals surface area contributed by atoms with Crippen molar-refractivity contribution in [3.63, 3.8) is 0 Å². The first-order valence-corrected chi connectivity index (χ1v) is 25.5. The van der Waals surface area contributed by atoms with E-state index in [0.717, 1.165) is 131 Å². The number of anilines is 4. The van der Waals surface area contributed by atoms with Gasteiger partial charge in [0.25, 0.3) is 0 Å². The second kappa shape index (κ2) is 19.5. The molecule has 0 radical (unpaired) electrons. The molecule has 4 aliphatic rings. The van der Waals surface area contributed by atoms with E-state index in [1.54, 1.807) is 36.1 Å². The Morgan fingerprint density at radius 1 is 0.694 bits per heavy atom. The van der Waals surface area contributed by atoms with E-state index in [2.05, 4.69) is 90.2 Å². The van der Waals surface area contributed by atoms with Crippen LogP contribution < -0.4 is 19.6 Å². The standard InChI is InChI=1S/C24H31N5OS.C22H26N4O3S2/c1-17(2)24-27-19(15-31-24)12-18-4-3-7-29(14-18)23-21-6-5-20(13-22(21)25-16-26-23)28-8-10-30-11-9-28;27-31(28,21-4-2-12-30-21)15-17-3-1-7-26(14-17)22-19-6-5-18(13-20(19)23-16-24-22)25-8-10-29-11-9-25/h5-6,13,15-18H,3-4,7-12,14H2,1-2H3;2,4-6,12-13,16-17H,1,3,7-11,14-15H2. The van der Waals surface area contributed by atoms with Gasteiger partial charge in [0.15, 0.2) is 9.84 Å². The molecule has 6 aromatic rings. The molecule has 4 saturated heterocycles. The number of fused-ring (bicyclic) bond motifs is 2. The molecule has 4 aliphatic heterocycles. The minimum atomic E-state index is -3.24. The largest absolute Gasteiger partial charge is 0.378 e. The number of thiazole rings is 1. The zero-order valence-corrected chi connectivity index (χ0v) is 38.2. The van der Waals surface area contributed by atoms with E-state index in [1.807, 2.05) is 5.38 Å². The number of morpholine rings is 2. The summed E-state index contributed by atoms with van der Waals surface area (Å²) in [5, 5.41) is 7.48. The van der Waals surface area contributed by atoms with E-state index >= 15 is 0 Å². The third kappa shape index (κ3) is 9.99. The SMILES string of the molecule is CC(C)c1nc(CC2CCCN(c3ncnc4cc(N5CCOCC5)ccc34)C2)cs1.O=S(=O)(CC1CCCN(c2ncnc3cc(N4CCOCC4)ccc23)C1)c1cccs1. The lowest BCUT2D eigenvalue weighted by Crippen LogP contribution is -2.38. The molecule has 328 valence electrons. The Kier molecular flexibility index (Phi) is 13.5. The van der Waals surface area contributed by atoms with E-state index in [0.29, 0.717) is 22.6 Å². The van der Waals surface area contributed by atoms with Crippen LogP contribution in [0.5, 0.6) is 0 Å². The van der Waals surface area contributed by atoms with E-state index < -0.39 is 9.84 Å². The second-order valence-electron chi connectivity index (χ2n) is 17.2. The van der Waals surface area contributed by atoms with Crippen molar-refractivity contribution in [3.8, 4) is 0 Å². The van der Waals surface area contributed by atoms with Gasteiger partial charge in [0.05, 0.1) is 53.9 Å². The van der Waals surface area contributed by atoms with Gasteiger partial charge in [-0.25, -0.2) is 33.3 Å². The molecule has 0 bridgehead atoms. The Hall–Kier alpha value is -4.48. The summed E-state index contributed by atoms with van der Waals surface area (Å²) < 4.78 is 36.9. The van der Waals surface area contributed by atoms with E-state index in [9.17, 15) is 8.42 Å². The highest BCUT2D eigenvalue weighted by atomic mass is 32.2. The summed E-state index contributed by atoms with van der Waals surface area (Å²) in [5.41, 5.74) is 5.57. The van der Waals surface area contributed by atoms with E-state index in [4.69, 9.17) is 19.4 Å². The molecule has 0 aliphatic carbocycles. The number of benzene rings is 2. The average Bonchev–Trinajstić information content (AvgIpc) is 4.04. The highest BCUT2D eigenvalue weighted by molar-refractivity contribution is 7.93. The minimum Gasteiger partial charge on any atom is -0.378 e. The van der Waals surface area contributed by atoms with Crippen molar-refractivity contribution < 1.29 is 17.9 Å². The Balaban J connectivity index is 0.000000158. The lowest BCUT2D eigenvalue weighted by atomic mass is 9.93. The summed E-state index contributed by atoms with van der Waals surface area (Å²) in [6.45, 7) is 14.8. The Bertz CT molecular complexity index is 2520. The maximum atomic E-state index is 12.8. The third-order valence-electron chi connectivity index (χ3n) is 12.4. The first kappa shape index (κ1) is 42.8. The number of piperidine rings is 2. The first-order chi connectivity index (χ1) is 30.3. The van der Waals surface area contributed by atoms with Crippen LogP contribution in [-0.4, -0.2) is 118 Å². The molecule has 0 N–H and O–H groups in total. The molecule has 16 heteroatoms. The quantitative estimate of drug-likeness (QED) is 0.133. The zero-order valence-electron chi connectivity index (χ0n) is 35.8. The van der Waals surface area contributed by atoms with Gasteiger partial charge < -0.3 is 29.1 Å². The monoisotopic (exact) mass is 895 g/mol. The molecular formula is C46H57N9O4S3. The summed E-state index contributed by atoms with van der Waals surface area (Å²) in [5.74, 6) is 3.39. The lowest BCUT2D eigenvalue weighted by molar-refractivity contribution is 0.122. The van der Waals surface area contributed by atoms with Crippen LogP contribution in [-0.2, 0) is 25.7 Å². The van der Waals surface area contributed by atoms with Gasteiger partial charge in [-0.15, -0.1) is 22.7 Å². The molecule has 0 spiro atoms. The fraction of sp³-hybridized carbons (Fsp3) is 0.500. The van der Waals surface area contributed by atoms with Gasteiger partial charge in [-0.3, -0.25) is 0 Å². The molecule has 10 rings (SSSR count). The third-order valence-corrected chi connectivity index (χ3v) is 17.0. The highest BCUT2D eigenvalue weighted by Crippen LogP contribution is 2.34. The van der Waals surface area contributed by atoms with Crippen LogP contribution in [0.3, 0.4) is 0 Å². The van der Waals surface area contributed by atoms with Gasteiger partial charge in [0, 0.05) is 85.8 Å². The average molecular weight is 896 g/mol. The number of thiophene rings is 1. The zero-order chi connectivity index (χ0) is 42.5. The summed E-state index contributed by atoms with van der Waals surface area (Å²) in [7, 11) is -3.24. The number of ether oxygens (including phenoxy) is 2. The summed E-state index contributed by atoms with van der Waals surface area (Å²) in [6, 6.07) is 16.5. The molecule has 2 unspecified atom stereocenters. The van der Waals surface area contributed by atoms with Crippen LogP contribution in [0.4, 0.5) is 23.0 Å². The van der Waals surface area contributed by atoms with Crippen LogP contribution in [0, 0.1) is 11.8 Å². The fourth-order valence-corrected chi connectivity index (χ4v) is 12.8. The molecule has 4 fully saturated rings. The Morgan fingerprint density at radius 2 is 1.26 bits per heavy atom. The van der Waals surface area contributed by atoms with Gasteiger partial charge >= 0.3 is 0 Å². The molecular weight excluding hydrogens is 839 g/mol. The van der Waals surface area contributed by atoms with Crippen molar-refractivity contribution in [2.75, 3.05) is 104 Å². The smallest absolute Gasteiger partial charge is 0.188 e. The Morgan fingerprint density at radius 3 is 1.79 bits per heavy atom. The summed E-state index contributed by atoms with van der Waals surface area (Å²) in [4.78, 5) is 32.7. The predicted molar refractivity (Wildman–Crippen MR) is 251 cm³/mol. The topological polar surface area (TPSA) is 130 Å². The number of hydrogen-bond acceptors (Lipinski definition) is 15. The molecule has 2 atom stereocenters. The normalized spacial score (nSPS) is 20.2. The molecule has 62 heavy (non-hydrogen) atoms. The first-order valence-electron chi connectivity index (χ1n) is 22.1. The van der Waals surface area contributed by atoms with Crippen molar-refractivity contribution in [3.05, 3.63) is 82.6 Å². The molecule has 0 saturated carbocycles. The van der Waals surface area contributed by atoms with Crippen molar-refractivity contribution in [1.82, 2.24) is 24.9 Å². The maximum absolute atomic E-state index is 12.8. The summed E-state index contributed by atoms with van der Waals surface area (Å²) in [6.07, 6.45) is 8.74. The fourth-order valence-electron chi connectivity index (χ4n) is 9.23. The number of nitrogens with zero attached hydrogens (tertiary/aromatic N) is 9. The van der Waals surface area contributed by atoms with Crippen LogP contribution >= 0.6 is 22.7 Å². The summed E-state index contributed by atoms with van der Waals surface area (Å²) >= 11 is 3.10. The van der Waals surface area contributed by atoms with Gasteiger partial charge in [-0.2, -0.15) is 0 Å². The van der Waals surface area contributed by atoms with Crippen LogP contribution in [0.15, 0.2) is 76.2 Å². The number of aromatic nitrogens is 5. The molecule has 2 aromatic carbocycles.